The number of likely N-dealkylation sites (N-methyl/N-ethyl adjacent to an activating group) is 1. The van der Waals surface area contributed by atoms with E-state index in [0.717, 1.165) is 51.4 Å². The molecule has 40 heavy (non-hydrogen) atoms. The summed E-state index contributed by atoms with van der Waals surface area (Å²) in [5, 5.41) is 18.4. The van der Waals surface area contributed by atoms with Crippen molar-refractivity contribution in [3.63, 3.8) is 0 Å². The average molecular weight is 562 g/mol. The van der Waals surface area contributed by atoms with E-state index < -0.39 is 5.97 Å². The number of urea groups is 1. The number of fused-ring (bicyclic) bond motifs is 1. The second-order valence-corrected chi connectivity index (χ2v) is 12.5. The molecule has 3 saturated carbocycles. The van der Waals surface area contributed by atoms with E-state index in [0.29, 0.717) is 25.3 Å². The number of carboxylic acid groups (broad SMARTS) is 1. The maximum atomic E-state index is 13.3. The fourth-order valence-electron chi connectivity index (χ4n) is 7.16. The zero-order valence-electron chi connectivity index (χ0n) is 24.0. The van der Waals surface area contributed by atoms with Crippen LogP contribution in [0.2, 0.25) is 0 Å². The van der Waals surface area contributed by atoms with Crippen molar-refractivity contribution in [1.82, 2.24) is 25.8 Å². The summed E-state index contributed by atoms with van der Waals surface area (Å²) in [6.07, 6.45) is 9.48. The highest BCUT2D eigenvalue weighted by Crippen LogP contribution is 2.35. The Hall–Kier alpha value is -2.85. The normalized spacial score (nSPS) is 33.0. The SMILES string of the molecule is CC1CCCCC1NC(=O)NC1CCC(C(=O)NCC2CCC3C(C2)C(=O)N(CCC(=O)O)CC(=O)N3C)CC1. The third-order valence-electron chi connectivity index (χ3n) is 9.79. The van der Waals surface area contributed by atoms with E-state index in [4.69, 9.17) is 5.11 Å². The predicted molar refractivity (Wildman–Crippen MR) is 148 cm³/mol. The van der Waals surface area contributed by atoms with Gasteiger partial charge in [-0.1, -0.05) is 19.8 Å². The van der Waals surface area contributed by atoms with Crippen LogP contribution in [0.25, 0.3) is 0 Å². The molecule has 4 rings (SSSR count). The molecule has 4 fully saturated rings. The summed E-state index contributed by atoms with van der Waals surface area (Å²) in [4.78, 5) is 65.5. The number of carboxylic acids is 1. The number of amides is 5. The summed E-state index contributed by atoms with van der Waals surface area (Å²) < 4.78 is 0. The lowest BCUT2D eigenvalue weighted by Crippen LogP contribution is -2.50. The van der Waals surface area contributed by atoms with E-state index in [1.54, 1.807) is 11.9 Å². The van der Waals surface area contributed by atoms with Gasteiger partial charge in [0.25, 0.3) is 0 Å². The topological polar surface area (TPSA) is 148 Å². The lowest BCUT2D eigenvalue weighted by atomic mass is 9.76. The van der Waals surface area contributed by atoms with Gasteiger partial charge in [-0.05, 0) is 69.6 Å². The van der Waals surface area contributed by atoms with E-state index in [1.807, 2.05) is 0 Å². The second kappa shape index (κ2) is 13.7. The molecule has 1 aliphatic heterocycles. The van der Waals surface area contributed by atoms with Gasteiger partial charge in [0.2, 0.25) is 17.7 Å². The zero-order valence-corrected chi connectivity index (χ0v) is 24.0. The summed E-state index contributed by atoms with van der Waals surface area (Å²) >= 11 is 0. The van der Waals surface area contributed by atoms with E-state index >= 15 is 0 Å². The number of rotatable bonds is 8. The fourth-order valence-corrected chi connectivity index (χ4v) is 7.16. The first-order valence-electron chi connectivity index (χ1n) is 15.2. The zero-order chi connectivity index (χ0) is 28.8. The smallest absolute Gasteiger partial charge is 0.315 e. The van der Waals surface area contributed by atoms with Crippen molar-refractivity contribution in [2.75, 3.05) is 26.7 Å². The van der Waals surface area contributed by atoms with Gasteiger partial charge in [-0.25, -0.2) is 4.79 Å². The van der Waals surface area contributed by atoms with Crippen molar-refractivity contribution in [2.45, 2.75) is 102 Å². The van der Waals surface area contributed by atoms with Crippen LogP contribution in [-0.4, -0.2) is 89.4 Å². The molecule has 0 bridgehead atoms. The van der Waals surface area contributed by atoms with Gasteiger partial charge in [0, 0.05) is 44.2 Å². The van der Waals surface area contributed by atoms with Crippen LogP contribution in [0.5, 0.6) is 0 Å². The maximum Gasteiger partial charge on any atom is 0.315 e. The van der Waals surface area contributed by atoms with Crippen LogP contribution in [0.15, 0.2) is 0 Å². The van der Waals surface area contributed by atoms with Gasteiger partial charge in [0.15, 0.2) is 0 Å². The molecule has 4 N–H and O–H groups in total. The van der Waals surface area contributed by atoms with Gasteiger partial charge < -0.3 is 30.9 Å². The fraction of sp³-hybridized carbons (Fsp3) is 0.828. The van der Waals surface area contributed by atoms with Crippen molar-refractivity contribution in [2.24, 2.45) is 23.7 Å². The summed E-state index contributed by atoms with van der Waals surface area (Å²) in [5.74, 6) is -1.12. The first kappa shape index (κ1) is 30.1. The van der Waals surface area contributed by atoms with Gasteiger partial charge >= 0.3 is 12.0 Å². The minimum atomic E-state index is -0.999. The molecule has 11 nitrogen and oxygen atoms in total. The quantitative estimate of drug-likeness (QED) is 0.357. The number of aliphatic carboxylic acids is 1. The molecule has 5 unspecified atom stereocenters. The van der Waals surface area contributed by atoms with Crippen LogP contribution in [0, 0.1) is 23.7 Å². The Bertz CT molecular complexity index is 951. The van der Waals surface area contributed by atoms with E-state index in [9.17, 15) is 24.0 Å². The minimum Gasteiger partial charge on any atom is -0.481 e. The van der Waals surface area contributed by atoms with Crippen molar-refractivity contribution in [3.8, 4) is 0 Å². The highest BCUT2D eigenvalue weighted by atomic mass is 16.4. The largest absolute Gasteiger partial charge is 0.481 e. The molecule has 11 heteroatoms. The van der Waals surface area contributed by atoms with Gasteiger partial charge in [-0.15, -0.1) is 0 Å². The molecule has 1 heterocycles. The Kier molecular flexibility index (Phi) is 10.3. The molecule has 4 aliphatic rings. The van der Waals surface area contributed by atoms with Crippen LogP contribution >= 0.6 is 0 Å². The molecular weight excluding hydrogens is 514 g/mol. The van der Waals surface area contributed by atoms with Crippen LogP contribution < -0.4 is 16.0 Å². The Morgan fingerprint density at radius 2 is 1.68 bits per heavy atom. The standard InChI is InChI=1S/C29H47N5O6/c1-18-5-3-4-6-23(18)32-29(40)31-21-10-8-20(9-11-21)27(38)30-16-19-7-12-24-22(15-19)28(39)34(14-13-26(36)37)17-25(35)33(24)2/h18-24H,3-17H2,1-2H3,(H,30,38)(H,36,37)(H2,31,32,40). The summed E-state index contributed by atoms with van der Waals surface area (Å²) in [6, 6.07) is 0.0448. The number of carbonyl (C=O) groups excluding carboxylic acids is 4. The second-order valence-electron chi connectivity index (χ2n) is 12.5. The van der Waals surface area contributed by atoms with Gasteiger partial charge in [-0.3, -0.25) is 19.2 Å². The first-order valence-corrected chi connectivity index (χ1v) is 15.2. The van der Waals surface area contributed by atoms with Gasteiger partial charge in [0.1, 0.15) is 0 Å². The van der Waals surface area contributed by atoms with Crippen molar-refractivity contribution >= 4 is 29.7 Å². The average Bonchev–Trinajstić information content (AvgIpc) is 3.02. The Morgan fingerprint density at radius 1 is 0.950 bits per heavy atom. The number of nitrogens with zero attached hydrogens (tertiary/aromatic N) is 2. The van der Waals surface area contributed by atoms with Crippen LogP contribution in [-0.2, 0) is 19.2 Å². The van der Waals surface area contributed by atoms with Crippen LogP contribution in [0.3, 0.4) is 0 Å². The third-order valence-corrected chi connectivity index (χ3v) is 9.79. The van der Waals surface area contributed by atoms with E-state index in [-0.39, 0.29) is 79.1 Å². The number of hydrogen-bond donors (Lipinski definition) is 4. The highest BCUT2D eigenvalue weighted by molar-refractivity contribution is 5.89. The summed E-state index contributed by atoms with van der Waals surface area (Å²) in [6.45, 7) is 2.62. The molecule has 0 aromatic rings. The van der Waals surface area contributed by atoms with Crippen LogP contribution in [0.1, 0.15) is 84.0 Å². The molecule has 5 atom stereocenters. The molecule has 0 spiro atoms. The van der Waals surface area contributed by atoms with Gasteiger partial charge in [0.05, 0.1) is 18.9 Å². The lowest BCUT2D eigenvalue weighted by Gasteiger charge is -2.38. The molecule has 5 amide bonds. The summed E-state index contributed by atoms with van der Waals surface area (Å²) in [7, 11) is 1.72. The Balaban J connectivity index is 1.21. The monoisotopic (exact) mass is 561 g/mol. The Morgan fingerprint density at radius 3 is 2.38 bits per heavy atom. The highest BCUT2D eigenvalue weighted by Gasteiger charge is 2.44. The third kappa shape index (κ3) is 7.66. The van der Waals surface area contributed by atoms with Crippen molar-refractivity contribution in [3.05, 3.63) is 0 Å². The Labute approximate surface area is 237 Å². The van der Waals surface area contributed by atoms with Crippen molar-refractivity contribution < 1.29 is 29.1 Å². The molecule has 0 aromatic carbocycles. The van der Waals surface area contributed by atoms with E-state index in [2.05, 4.69) is 22.9 Å². The summed E-state index contributed by atoms with van der Waals surface area (Å²) in [5.41, 5.74) is 0. The maximum absolute atomic E-state index is 13.3. The van der Waals surface area contributed by atoms with E-state index in [1.165, 1.54) is 11.3 Å². The molecule has 1 saturated heterocycles. The number of carbonyl (C=O) groups is 5. The first-order chi connectivity index (χ1) is 19.1. The lowest BCUT2D eigenvalue weighted by molar-refractivity contribution is -0.141. The molecule has 0 radical (unpaired) electrons. The number of hydrogen-bond acceptors (Lipinski definition) is 5. The molecule has 3 aliphatic carbocycles. The van der Waals surface area contributed by atoms with Crippen LogP contribution in [0.4, 0.5) is 4.79 Å². The molecule has 224 valence electrons. The molecule has 0 aromatic heterocycles. The minimum absolute atomic E-state index is 0.0251. The number of nitrogens with one attached hydrogen (secondary N) is 3. The molecular formula is C29H47N5O6. The van der Waals surface area contributed by atoms with Gasteiger partial charge in [-0.2, -0.15) is 0 Å². The van der Waals surface area contributed by atoms with Crippen molar-refractivity contribution in [1.29, 1.82) is 0 Å². The predicted octanol–water partition coefficient (Wildman–Crippen LogP) is 2.10.